The molecule has 2 aromatic heterocycles. The molecule has 20 heavy (non-hydrogen) atoms. The Hall–Kier alpha value is -1.37. The second-order valence-corrected chi connectivity index (χ2v) is 5.50. The van der Waals surface area contributed by atoms with Crippen LogP contribution in [0.25, 0.3) is 0 Å². The van der Waals surface area contributed by atoms with Gasteiger partial charge in [0.25, 0.3) is 0 Å². The number of nitrogens with one attached hydrogen (secondary N) is 1. The number of methoxy groups -OCH3 is 1. The number of aryl methyl sites for hydroxylation is 1. The Morgan fingerprint density at radius 2 is 2.30 bits per heavy atom. The Bertz CT molecular complexity index is 524. The molecular weight excluding hydrogens is 274 g/mol. The second kappa shape index (κ2) is 7.42. The fourth-order valence-electron chi connectivity index (χ4n) is 1.81. The number of rotatable bonds is 8. The molecule has 0 atom stereocenters. The van der Waals surface area contributed by atoms with E-state index in [4.69, 9.17) is 9.15 Å². The fraction of sp³-hybridized carbons (Fsp3) is 0.500. The number of ether oxygens (including phenoxy) is 1. The third-order valence-corrected chi connectivity index (χ3v) is 3.85. The van der Waals surface area contributed by atoms with E-state index in [0.29, 0.717) is 0 Å². The average molecular weight is 295 g/mol. The smallest absolute Gasteiger partial charge is 0.185 e. The van der Waals surface area contributed by atoms with Gasteiger partial charge >= 0.3 is 0 Å². The zero-order chi connectivity index (χ0) is 14.4. The molecule has 0 saturated carbocycles. The van der Waals surface area contributed by atoms with Gasteiger partial charge in [-0.15, -0.1) is 11.3 Å². The van der Waals surface area contributed by atoms with Gasteiger partial charge in [-0.2, -0.15) is 0 Å². The van der Waals surface area contributed by atoms with E-state index in [0.717, 1.165) is 48.6 Å². The van der Waals surface area contributed by atoms with Crippen molar-refractivity contribution < 1.29 is 9.15 Å². The van der Waals surface area contributed by atoms with E-state index in [2.05, 4.69) is 20.6 Å². The van der Waals surface area contributed by atoms with E-state index in [1.54, 1.807) is 18.4 Å². The minimum atomic E-state index is 0.717. The Morgan fingerprint density at radius 3 is 3.00 bits per heavy atom. The van der Waals surface area contributed by atoms with E-state index >= 15 is 0 Å². The molecule has 0 radical (unpaired) electrons. The molecule has 0 unspecified atom stereocenters. The summed E-state index contributed by atoms with van der Waals surface area (Å²) in [5, 5.41) is 6.37. The molecule has 0 saturated heterocycles. The summed E-state index contributed by atoms with van der Waals surface area (Å²) in [5.74, 6) is 1.90. The lowest BCUT2D eigenvalue weighted by molar-refractivity contribution is 0.199. The number of hydrogen-bond donors (Lipinski definition) is 1. The van der Waals surface area contributed by atoms with E-state index in [1.807, 2.05) is 26.1 Å². The Labute approximate surface area is 123 Å². The first kappa shape index (κ1) is 15.0. The molecule has 2 aromatic rings. The lowest BCUT2D eigenvalue weighted by Crippen LogP contribution is -2.19. The van der Waals surface area contributed by atoms with Crippen LogP contribution in [-0.2, 0) is 17.8 Å². The molecule has 0 bridgehead atoms. The first-order chi connectivity index (χ1) is 9.69. The number of furan rings is 1. The lowest BCUT2D eigenvalue weighted by Gasteiger charge is -2.13. The van der Waals surface area contributed by atoms with Gasteiger partial charge in [-0.05, 0) is 19.1 Å². The summed E-state index contributed by atoms with van der Waals surface area (Å²) in [6, 6.07) is 3.99. The zero-order valence-electron chi connectivity index (χ0n) is 12.2. The number of thiazole rings is 1. The number of hydrogen-bond acceptors (Lipinski definition) is 6. The summed E-state index contributed by atoms with van der Waals surface area (Å²) in [7, 11) is 3.73. The minimum absolute atomic E-state index is 0.717. The van der Waals surface area contributed by atoms with Crippen molar-refractivity contribution in [2.75, 3.05) is 32.2 Å². The average Bonchev–Trinajstić information content (AvgIpc) is 3.04. The van der Waals surface area contributed by atoms with Crippen molar-refractivity contribution in [3.8, 4) is 0 Å². The molecule has 0 fully saturated rings. The maximum absolute atomic E-state index is 5.58. The summed E-state index contributed by atoms with van der Waals surface area (Å²) in [6.07, 6.45) is 0. The van der Waals surface area contributed by atoms with Crippen molar-refractivity contribution in [1.82, 2.24) is 10.3 Å². The van der Waals surface area contributed by atoms with Crippen molar-refractivity contribution >= 4 is 16.5 Å². The fourth-order valence-corrected chi connectivity index (χ4v) is 2.61. The number of nitrogens with zero attached hydrogens (tertiary/aromatic N) is 2. The van der Waals surface area contributed by atoms with Crippen LogP contribution in [0.15, 0.2) is 21.9 Å². The van der Waals surface area contributed by atoms with Crippen LogP contribution < -0.4 is 10.2 Å². The molecule has 5 nitrogen and oxygen atoms in total. The van der Waals surface area contributed by atoms with Crippen LogP contribution in [0.2, 0.25) is 0 Å². The quantitative estimate of drug-likeness (QED) is 0.758. The highest BCUT2D eigenvalue weighted by Crippen LogP contribution is 2.21. The maximum atomic E-state index is 5.58. The van der Waals surface area contributed by atoms with Crippen LogP contribution >= 0.6 is 11.3 Å². The molecule has 6 heteroatoms. The van der Waals surface area contributed by atoms with Crippen molar-refractivity contribution in [2.24, 2.45) is 0 Å². The van der Waals surface area contributed by atoms with Crippen LogP contribution in [0.1, 0.15) is 17.2 Å². The summed E-state index contributed by atoms with van der Waals surface area (Å²) in [6.45, 7) is 5.02. The standard InChI is InChI=1S/C14H21N3O2S/c1-11-4-5-13(19-11)9-17(2)14-16-12(10-20-14)8-15-6-7-18-3/h4-5,10,15H,6-9H2,1-3H3. The molecular formula is C14H21N3O2S. The van der Waals surface area contributed by atoms with Gasteiger partial charge in [0.2, 0.25) is 0 Å². The molecule has 0 aliphatic heterocycles. The third-order valence-electron chi connectivity index (χ3n) is 2.84. The van der Waals surface area contributed by atoms with E-state index in [9.17, 15) is 0 Å². The first-order valence-corrected chi connectivity index (χ1v) is 7.47. The van der Waals surface area contributed by atoms with Gasteiger partial charge < -0.3 is 19.4 Å². The van der Waals surface area contributed by atoms with Gasteiger partial charge in [0.1, 0.15) is 11.5 Å². The molecule has 0 aliphatic carbocycles. The largest absolute Gasteiger partial charge is 0.464 e. The van der Waals surface area contributed by atoms with Crippen LogP contribution in [0.5, 0.6) is 0 Å². The molecule has 2 rings (SSSR count). The normalized spacial score (nSPS) is 10.9. The Balaban J connectivity index is 1.84. The number of anilines is 1. The summed E-state index contributed by atoms with van der Waals surface area (Å²) in [4.78, 5) is 6.71. The van der Waals surface area contributed by atoms with Gasteiger partial charge in [-0.3, -0.25) is 0 Å². The molecule has 0 spiro atoms. The topological polar surface area (TPSA) is 50.5 Å². The van der Waals surface area contributed by atoms with Crippen LogP contribution in [0.3, 0.4) is 0 Å². The van der Waals surface area contributed by atoms with E-state index in [-0.39, 0.29) is 0 Å². The van der Waals surface area contributed by atoms with Crippen LogP contribution in [0, 0.1) is 6.92 Å². The summed E-state index contributed by atoms with van der Waals surface area (Å²) >= 11 is 1.65. The van der Waals surface area contributed by atoms with Gasteiger partial charge in [0, 0.05) is 32.6 Å². The predicted molar refractivity (Wildman–Crippen MR) is 81.2 cm³/mol. The Kier molecular flexibility index (Phi) is 5.58. The molecule has 110 valence electrons. The predicted octanol–water partition coefficient (Wildman–Crippen LogP) is 2.42. The summed E-state index contributed by atoms with van der Waals surface area (Å²) in [5.41, 5.74) is 1.06. The second-order valence-electron chi connectivity index (χ2n) is 4.66. The van der Waals surface area contributed by atoms with Crippen molar-refractivity contribution in [3.05, 3.63) is 34.7 Å². The highest BCUT2D eigenvalue weighted by atomic mass is 32.1. The van der Waals surface area contributed by atoms with Crippen molar-refractivity contribution in [2.45, 2.75) is 20.0 Å². The van der Waals surface area contributed by atoms with Gasteiger partial charge in [0.15, 0.2) is 5.13 Å². The maximum Gasteiger partial charge on any atom is 0.185 e. The zero-order valence-corrected chi connectivity index (χ0v) is 13.0. The molecule has 0 amide bonds. The van der Waals surface area contributed by atoms with Crippen molar-refractivity contribution in [3.63, 3.8) is 0 Å². The van der Waals surface area contributed by atoms with Gasteiger partial charge in [0.05, 0.1) is 18.8 Å². The number of aromatic nitrogens is 1. The molecule has 0 aliphatic rings. The molecule has 2 heterocycles. The van der Waals surface area contributed by atoms with Gasteiger partial charge in [-0.25, -0.2) is 4.98 Å². The van der Waals surface area contributed by atoms with Crippen LogP contribution in [-0.4, -0.2) is 32.3 Å². The highest BCUT2D eigenvalue weighted by Gasteiger charge is 2.09. The van der Waals surface area contributed by atoms with Crippen LogP contribution in [0.4, 0.5) is 5.13 Å². The monoisotopic (exact) mass is 295 g/mol. The van der Waals surface area contributed by atoms with Crippen molar-refractivity contribution in [1.29, 1.82) is 0 Å². The molecule has 0 aromatic carbocycles. The highest BCUT2D eigenvalue weighted by molar-refractivity contribution is 7.13. The minimum Gasteiger partial charge on any atom is -0.464 e. The Morgan fingerprint density at radius 1 is 1.45 bits per heavy atom. The first-order valence-electron chi connectivity index (χ1n) is 6.59. The lowest BCUT2D eigenvalue weighted by atomic mass is 10.4. The van der Waals surface area contributed by atoms with E-state index in [1.165, 1.54) is 0 Å². The third kappa shape index (κ3) is 4.33. The molecule has 1 N–H and O–H groups in total. The van der Waals surface area contributed by atoms with Gasteiger partial charge in [-0.1, -0.05) is 0 Å². The SMILES string of the molecule is COCCNCc1csc(N(C)Cc2ccc(C)o2)n1. The summed E-state index contributed by atoms with van der Waals surface area (Å²) < 4.78 is 10.6. The van der Waals surface area contributed by atoms with E-state index < -0.39 is 0 Å².